The fourth-order valence-electron chi connectivity index (χ4n) is 5.69. The second-order valence-electron chi connectivity index (χ2n) is 12.1. The number of ether oxygens (including phenoxy) is 2. The van der Waals surface area contributed by atoms with Gasteiger partial charge in [0, 0.05) is 50.8 Å². The molecular formula is C31H37F3N8O4. The molecule has 4 aromatic heterocycles. The van der Waals surface area contributed by atoms with E-state index in [0.29, 0.717) is 67.6 Å². The summed E-state index contributed by atoms with van der Waals surface area (Å²) in [5.41, 5.74) is 1.06. The van der Waals surface area contributed by atoms with Crippen molar-refractivity contribution in [3.63, 3.8) is 0 Å². The molecule has 0 aromatic carbocycles. The number of imidazole rings is 1. The van der Waals surface area contributed by atoms with E-state index in [1.54, 1.807) is 32.5 Å². The van der Waals surface area contributed by atoms with Crippen LogP contribution in [0.1, 0.15) is 39.3 Å². The van der Waals surface area contributed by atoms with E-state index in [-0.39, 0.29) is 40.7 Å². The van der Waals surface area contributed by atoms with Crippen LogP contribution in [0.3, 0.4) is 0 Å². The van der Waals surface area contributed by atoms with Gasteiger partial charge in [0.15, 0.2) is 11.5 Å². The molecule has 0 bridgehead atoms. The van der Waals surface area contributed by atoms with Crippen LogP contribution in [0.15, 0.2) is 30.6 Å². The van der Waals surface area contributed by atoms with Crippen molar-refractivity contribution in [2.75, 3.05) is 56.8 Å². The van der Waals surface area contributed by atoms with Gasteiger partial charge >= 0.3 is 12.1 Å². The summed E-state index contributed by atoms with van der Waals surface area (Å²) in [5, 5.41) is 9.29. The zero-order valence-electron chi connectivity index (χ0n) is 26.4. The van der Waals surface area contributed by atoms with E-state index >= 15 is 0 Å². The highest BCUT2D eigenvalue weighted by Crippen LogP contribution is 2.36. The number of hydrogen-bond donors (Lipinski definition) is 2. The molecule has 0 spiro atoms. The number of alkyl halides is 3. The molecule has 0 unspecified atom stereocenters. The quantitative estimate of drug-likeness (QED) is 0.220. The molecule has 0 radical (unpaired) electrons. The fourth-order valence-corrected chi connectivity index (χ4v) is 5.69. The number of aromatic nitrogens is 6. The standard InChI is InChI=1S/C31H37F3N8O4/c1-6-46-25-12-19(11-23(38-25)31(32,33)34)20-13-22(41(4)16-30(2,3)17-45-5)26-28(37-20)40-27(39-26)21-14-36-24(15-35-21)42-9-7-18(8-10-42)29(43)44/h11-15,18H,6-10,16-17H2,1-5H3,(H,43,44)(H,37,39,40). The Morgan fingerprint density at radius 2 is 1.83 bits per heavy atom. The third-order valence-corrected chi connectivity index (χ3v) is 7.78. The lowest BCUT2D eigenvalue weighted by atomic mass is 9.94. The minimum atomic E-state index is -4.69. The highest BCUT2D eigenvalue weighted by atomic mass is 19.4. The summed E-state index contributed by atoms with van der Waals surface area (Å²) in [6, 6.07) is 4.10. The first kappa shape index (κ1) is 32.9. The van der Waals surface area contributed by atoms with Gasteiger partial charge in [0.05, 0.1) is 42.9 Å². The first-order valence-corrected chi connectivity index (χ1v) is 14.9. The Kier molecular flexibility index (Phi) is 9.33. The zero-order valence-corrected chi connectivity index (χ0v) is 26.4. The number of hydrogen-bond acceptors (Lipinski definition) is 10. The summed E-state index contributed by atoms with van der Waals surface area (Å²) in [4.78, 5) is 40.7. The van der Waals surface area contributed by atoms with Crippen molar-refractivity contribution < 1.29 is 32.5 Å². The van der Waals surface area contributed by atoms with Gasteiger partial charge < -0.3 is 29.4 Å². The minimum Gasteiger partial charge on any atom is -0.481 e. The number of fused-ring (bicyclic) bond motifs is 1. The van der Waals surface area contributed by atoms with E-state index < -0.39 is 17.8 Å². The van der Waals surface area contributed by atoms with E-state index in [4.69, 9.17) is 9.47 Å². The zero-order chi connectivity index (χ0) is 33.2. The number of H-pyrrole nitrogens is 1. The van der Waals surface area contributed by atoms with Crippen LogP contribution in [-0.2, 0) is 15.7 Å². The van der Waals surface area contributed by atoms with Crippen LogP contribution in [-0.4, -0.2) is 88.0 Å². The maximum absolute atomic E-state index is 13.8. The van der Waals surface area contributed by atoms with Gasteiger partial charge in [0.1, 0.15) is 22.7 Å². The second kappa shape index (κ2) is 13.1. The monoisotopic (exact) mass is 642 g/mol. The number of halogens is 3. The molecule has 2 N–H and O–H groups in total. The van der Waals surface area contributed by atoms with Crippen LogP contribution in [0.25, 0.3) is 33.9 Å². The number of carboxylic acids is 1. The Morgan fingerprint density at radius 1 is 1.09 bits per heavy atom. The normalized spacial score (nSPS) is 14.6. The van der Waals surface area contributed by atoms with Gasteiger partial charge in [0.2, 0.25) is 5.88 Å². The molecule has 15 heteroatoms. The summed E-state index contributed by atoms with van der Waals surface area (Å²) in [5.74, 6) is -0.283. The van der Waals surface area contributed by atoms with Gasteiger partial charge in [0.25, 0.3) is 0 Å². The number of nitrogens with zero attached hydrogens (tertiary/aromatic N) is 7. The topological polar surface area (TPSA) is 142 Å². The molecule has 0 saturated carbocycles. The third kappa shape index (κ3) is 7.30. The number of carboxylic acid groups (broad SMARTS) is 1. The Hall–Kier alpha value is -4.53. The molecule has 0 amide bonds. The Bertz CT molecular complexity index is 1690. The lowest BCUT2D eigenvalue weighted by Crippen LogP contribution is -2.36. The van der Waals surface area contributed by atoms with Crippen molar-refractivity contribution in [3.8, 4) is 28.7 Å². The molecule has 4 aromatic rings. The number of carbonyl (C=O) groups is 1. The summed E-state index contributed by atoms with van der Waals surface area (Å²) in [7, 11) is 3.52. The maximum atomic E-state index is 13.8. The predicted molar refractivity (Wildman–Crippen MR) is 166 cm³/mol. The van der Waals surface area contributed by atoms with Crippen molar-refractivity contribution in [1.29, 1.82) is 0 Å². The maximum Gasteiger partial charge on any atom is 0.433 e. The van der Waals surface area contributed by atoms with Crippen molar-refractivity contribution >= 4 is 28.6 Å². The number of piperidine rings is 1. The average Bonchev–Trinajstić information content (AvgIpc) is 3.44. The molecule has 0 atom stereocenters. The van der Waals surface area contributed by atoms with E-state index in [1.165, 1.54) is 6.07 Å². The van der Waals surface area contributed by atoms with Gasteiger partial charge in [-0.25, -0.2) is 24.9 Å². The molecule has 246 valence electrons. The SMILES string of the molecule is CCOc1cc(-c2cc(N(C)CC(C)(C)COC)c3[nH]c(-c4cnc(N5CCC(C(=O)O)CC5)cn4)nc3n2)cc(C(F)(F)F)n1. The van der Waals surface area contributed by atoms with Crippen molar-refractivity contribution in [1.82, 2.24) is 29.9 Å². The Balaban J connectivity index is 1.55. The van der Waals surface area contributed by atoms with Crippen molar-refractivity contribution in [2.45, 2.75) is 39.8 Å². The average molecular weight is 643 g/mol. The largest absolute Gasteiger partial charge is 0.481 e. The second-order valence-corrected chi connectivity index (χ2v) is 12.1. The number of aliphatic carboxylic acids is 1. The number of aromatic amines is 1. The van der Waals surface area contributed by atoms with E-state index in [0.717, 1.165) is 6.07 Å². The van der Waals surface area contributed by atoms with Crippen LogP contribution in [0, 0.1) is 11.3 Å². The Labute approximate surface area is 264 Å². The predicted octanol–water partition coefficient (Wildman–Crippen LogP) is 5.30. The van der Waals surface area contributed by atoms with Crippen molar-refractivity contribution in [3.05, 3.63) is 36.3 Å². The summed E-state index contributed by atoms with van der Waals surface area (Å²) >= 11 is 0. The van der Waals surface area contributed by atoms with Gasteiger partial charge in [-0.05, 0) is 31.9 Å². The first-order chi connectivity index (χ1) is 21.8. The summed E-state index contributed by atoms with van der Waals surface area (Å²) in [6.07, 6.45) is -0.432. The number of rotatable bonds is 11. The molecule has 1 aliphatic rings. The third-order valence-electron chi connectivity index (χ3n) is 7.78. The van der Waals surface area contributed by atoms with Gasteiger partial charge in [-0.1, -0.05) is 13.8 Å². The molecule has 1 fully saturated rings. The lowest BCUT2D eigenvalue weighted by molar-refractivity contribution is -0.142. The highest BCUT2D eigenvalue weighted by Gasteiger charge is 2.34. The van der Waals surface area contributed by atoms with Crippen LogP contribution in [0.5, 0.6) is 5.88 Å². The molecule has 5 heterocycles. The number of methoxy groups -OCH3 is 1. The molecule has 1 saturated heterocycles. The highest BCUT2D eigenvalue weighted by molar-refractivity contribution is 5.91. The van der Waals surface area contributed by atoms with Crippen molar-refractivity contribution in [2.24, 2.45) is 11.3 Å². The van der Waals surface area contributed by atoms with Gasteiger partial charge in [-0.2, -0.15) is 13.2 Å². The number of anilines is 2. The summed E-state index contributed by atoms with van der Waals surface area (Å²) in [6.45, 7) is 8.09. The lowest BCUT2D eigenvalue weighted by Gasteiger charge is -2.31. The van der Waals surface area contributed by atoms with Crippen LogP contribution < -0.4 is 14.5 Å². The van der Waals surface area contributed by atoms with Crippen LogP contribution in [0.2, 0.25) is 0 Å². The van der Waals surface area contributed by atoms with E-state index in [1.807, 2.05) is 16.8 Å². The molecular weight excluding hydrogens is 605 g/mol. The smallest absolute Gasteiger partial charge is 0.433 e. The van der Waals surface area contributed by atoms with Gasteiger partial charge in [-0.15, -0.1) is 0 Å². The Morgan fingerprint density at radius 3 is 2.43 bits per heavy atom. The first-order valence-electron chi connectivity index (χ1n) is 14.9. The fraction of sp³-hybridized carbons (Fsp3) is 0.484. The molecule has 0 aliphatic carbocycles. The van der Waals surface area contributed by atoms with E-state index in [2.05, 4.69) is 43.8 Å². The number of nitrogens with one attached hydrogen (secondary N) is 1. The molecule has 12 nitrogen and oxygen atoms in total. The minimum absolute atomic E-state index is 0.145. The number of pyridine rings is 2. The van der Waals surface area contributed by atoms with Crippen LogP contribution in [0.4, 0.5) is 24.7 Å². The van der Waals surface area contributed by atoms with Gasteiger partial charge in [-0.3, -0.25) is 4.79 Å². The molecule has 1 aliphatic heterocycles. The molecule has 5 rings (SSSR count). The molecule has 46 heavy (non-hydrogen) atoms. The van der Waals surface area contributed by atoms with Crippen LogP contribution >= 0.6 is 0 Å². The van der Waals surface area contributed by atoms with E-state index in [9.17, 15) is 23.1 Å². The summed E-state index contributed by atoms with van der Waals surface area (Å²) < 4.78 is 52.2.